The number of nitrogens with one attached hydrogen (secondary N) is 1. The number of rotatable bonds is 10. The first-order valence-electron chi connectivity index (χ1n) is 14.9. The molecule has 0 bridgehead atoms. The normalized spacial score (nSPS) is 13.6. The third-order valence-electron chi connectivity index (χ3n) is 8.57. The molecule has 0 atom stereocenters. The minimum Gasteiger partial charge on any atom is -0.507 e. The molecule has 0 saturated carbocycles. The maximum Gasteiger partial charge on any atom is 0.130 e. The van der Waals surface area contributed by atoms with Gasteiger partial charge >= 0.3 is 0 Å². The maximum atomic E-state index is 10.9. The molecule has 0 amide bonds. The second-order valence-corrected chi connectivity index (χ2v) is 10.7. The molecule has 1 aromatic heterocycles. The van der Waals surface area contributed by atoms with Gasteiger partial charge in [0.15, 0.2) is 0 Å². The minimum absolute atomic E-state index is 0.222. The molecule has 1 heterocycles. The van der Waals surface area contributed by atoms with Crippen molar-refractivity contribution >= 4 is 17.5 Å². The lowest BCUT2D eigenvalue weighted by atomic mass is 9.75. The number of fused-ring (bicyclic) bond motifs is 3. The molecule has 5 nitrogen and oxygen atoms in total. The van der Waals surface area contributed by atoms with Crippen LogP contribution in [-0.4, -0.2) is 41.3 Å². The average molecular weight is 547 g/mol. The highest BCUT2D eigenvalue weighted by molar-refractivity contribution is 5.88. The largest absolute Gasteiger partial charge is 0.507 e. The topological polar surface area (TPSA) is 55.4 Å². The summed E-state index contributed by atoms with van der Waals surface area (Å²) in [5.74, 6) is 0.979. The van der Waals surface area contributed by atoms with Crippen LogP contribution in [0.4, 0.5) is 11.4 Å². The number of phenolic OH excluding ortho intramolecular Hbond substituents is 1. The van der Waals surface area contributed by atoms with Gasteiger partial charge in [-0.2, -0.15) is 0 Å². The molecule has 1 aliphatic rings. The maximum absolute atomic E-state index is 10.9. The first-order chi connectivity index (χ1) is 19.9. The highest BCUT2D eigenvalue weighted by Gasteiger charge is 2.44. The van der Waals surface area contributed by atoms with E-state index in [9.17, 15) is 5.11 Å². The number of para-hydroxylation sites is 1. The SMILES string of the molecule is C/C=C\C=C/c1nc(-c2ccccc2O)c(C2(C)c3ccc(N(CC)CC)cc3-c3cc(N(CC)CC)ccc32)[nH]1. The van der Waals surface area contributed by atoms with Crippen molar-refractivity contribution in [2.24, 2.45) is 0 Å². The fourth-order valence-corrected chi connectivity index (χ4v) is 6.33. The Morgan fingerprint density at radius 3 is 1.85 bits per heavy atom. The highest BCUT2D eigenvalue weighted by atomic mass is 16.3. The van der Waals surface area contributed by atoms with Crippen LogP contribution in [0.1, 0.15) is 64.2 Å². The summed E-state index contributed by atoms with van der Waals surface area (Å²) in [4.78, 5) is 13.5. The van der Waals surface area contributed by atoms with Crippen LogP contribution in [0.25, 0.3) is 28.5 Å². The number of hydrogen-bond acceptors (Lipinski definition) is 4. The van der Waals surface area contributed by atoms with E-state index in [1.807, 2.05) is 49.4 Å². The van der Waals surface area contributed by atoms with Gasteiger partial charge in [0.25, 0.3) is 0 Å². The van der Waals surface area contributed by atoms with Crippen LogP contribution >= 0.6 is 0 Å². The van der Waals surface area contributed by atoms with Crippen LogP contribution in [0.3, 0.4) is 0 Å². The Labute approximate surface area is 244 Å². The average Bonchev–Trinajstić information content (AvgIpc) is 3.52. The smallest absolute Gasteiger partial charge is 0.130 e. The molecule has 2 N–H and O–H groups in total. The number of imidazole rings is 1. The van der Waals surface area contributed by atoms with Gasteiger partial charge in [-0.05, 0) is 106 Å². The Kier molecular flexibility index (Phi) is 8.07. The molecular formula is C36H42N4O. The van der Waals surface area contributed by atoms with Crippen LogP contribution in [0.5, 0.6) is 5.75 Å². The number of aromatic amines is 1. The van der Waals surface area contributed by atoms with Crippen molar-refractivity contribution in [2.45, 2.75) is 47.0 Å². The molecule has 0 fully saturated rings. The molecule has 41 heavy (non-hydrogen) atoms. The van der Waals surface area contributed by atoms with Crippen molar-refractivity contribution in [1.82, 2.24) is 9.97 Å². The summed E-state index contributed by atoms with van der Waals surface area (Å²) in [6.07, 6.45) is 7.96. The van der Waals surface area contributed by atoms with Gasteiger partial charge in [-0.25, -0.2) is 4.98 Å². The Hall–Kier alpha value is -4.25. The van der Waals surface area contributed by atoms with Crippen LogP contribution in [0.15, 0.2) is 78.9 Å². The van der Waals surface area contributed by atoms with Crippen LogP contribution in [-0.2, 0) is 5.41 Å². The van der Waals surface area contributed by atoms with Gasteiger partial charge in [-0.1, -0.05) is 42.5 Å². The molecule has 0 aliphatic heterocycles. The molecule has 5 rings (SSSR count). The van der Waals surface area contributed by atoms with E-state index in [-0.39, 0.29) is 5.75 Å². The van der Waals surface area contributed by atoms with E-state index < -0.39 is 5.41 Å². The fraction of sp³-hybridized carbons (Fsp3) is 0.306. The third-order valence-corrected chi connectivity index (χ3v) is 8.57. The first kappa shape index (κ1) is 28.3. The fourth-order valence-electron chi connectivity index (χ4n) is 6.33. The number of anilines is 2. The molecule has 0 spiro atoms. The number of aromatic hydroxyl groups is 1. The molecule has 1 aliphatic carbocycles. The van der Waals surface area contributed by atoms with Crippen molar-refractivity contribution in [2.75, 3.05) is 36.0 Å². The van der Waals surface area contributed by atoms with Gasteiger partial charge in [0.05, 0.1) is 16.8 Å². The Bertz CT molecular complexity index is 1530. The molecule has 3 aromatic carbocycles. The number of hydrogen-bond donors (Lipinski definition) is 2. The summed E-state index contributed by atoms with van der Waals surface area (Å²) in [5, 5.41) is 10.9. The minimum atomic E-state index is -0.508. The number of nitrogens with zero attached hydrogens (tertiary/aromatic N) is 3. The first-order valence-corrected chi connectivity index (χ1v) is 14.9. The van der Waals surface area contributed by atoms with Crippen molar-refractivity contribution in [1.29, 1.82) is 0 Å². The second-order valence-electron chi connectivity index (χ2n) is 10.7. The Morgan fingerprint density at radius 2 is 1.34 bits per heavy atom. The highest BCUT2D eigenvalue weighted by Crippen LogP contribution is 2.55. The lowest BCUT2D eigenvalue weighted by Gasteiger charge is -2.29. The Balaban J connectivity index is 1.81. The second kappa shape index (κ2) is 11.7. The number of aromatic nitrogens is 2. The van der Waals surface area contributed by atoms with Gasteiger partial charge < -0.3 is 19.9 Å². The molecule has 0 unspecified atom stereocenters. The zero-order valence-corrected chi connectivity index (χ0v) is 25.2. The van der Waals surface area contributed by atoms with Gasteiger partial charge in [-0.15, -0.1) is 0 Å². The molecule has 0 radical (unpaired) electrons. The van der Waals surface area contributed by atoms with Crippen LogP contribution in [0, 0.1) is 0 Å². The molecule has 212 valence electrons. The van der Waals surface area contributed by atoms with Gasteiger partial charge in [0, 0.05) is 43.1 Å². The monoisotopic (exact) mass is 546 g/mol. The van der Waals surface area contributed by atoms with Gasteiger partial charge in [0.2, 0.25) is 0 Å². The third kappa shape index (κ3) is 4.84. The quantitative estimate of drug-likeness (QED) is 0.196. The summed E-state index contributed by atoms with van der Waals surface area (Å²) in [7, 11) is 0. The van der Waals surface area contributed by atoms with E-state index in [0.717, 1.165) is 49.0 Å². The van der Waals surface area contributed by atoms with Gasteiger partial charge in [0.1, 0.15) is 11.6 Å². The summed E-state index contributed by atoms with van der Waals surface area (Å²) >= 11 is 0. The summed E-state index contributed by atoms with van der Waals surface area (Å²) in [6, 6.07) is 21.3. The zero-order valence-electron chi connectivity index (χ0n) is 25.2. The molecule has 0 saturated heterocycles. The van der Waals surface area contributed by atoms with Gasteiger partial charge in [-0.3, -0.25) is 0 Å². The zero-order chi connectivity index (χ0) is 29.1. The number of phenols is 1. The van der Waals surface area contributed by atoms with E-state index in [2.05, 4.69) is 85.8 Å². The van der Waals surface area contributed by atoms with Crippen molar-refractivity contribution < 1.29 is 5.11 Å². The predicted octanol–water partition coefficient (Wildman–Crippen LogP) is 8.40. The number of benzene rings is 3. The predicted molar refractivity (Wildman–Crippen MR) is 174 cm³/mol. The van der Waals surface area contributed by atoms with Crippen LogP contribution in [0.2, 0.25) is 0 Å². The lowest BCUT2D eigenvalue weighted by Crippen LogP contribution is -2.25. The van der Waals surface area contributed by atoms with Crippen LogP contribution < -0.4 is 9.80 Å². The number of allylic oxidation sites excluding steroid dienone is 3. The number of H-pyrrole nitrogens is 1. The molecule has 4 aromatic rings. The lowest BCUT2D eigenvalue weighted by molar-refractivity contribution is 0.477. The Morgan fingerprint density at radius 1 is 0.780 bits per heavy atom. The van der Waals surface area contributed by atoms with E-state index >= 15 is 0 Å². The summed E-state index contributed by atoms with van der Waals surface area (Å²) in [6.45, 7) is 17.0. The standard InChI is InChI=1S/C36H42N4O/c1-7-12-13-18-33-37-34(27-16-14-15-17-32(27)41)35(38-33)36(6)30-21-19-25(39(8-2)9-3)23-28(30)29-24-26(20-22-31(29)36)40(10-4)11-5/h7,12-24,41H,8-11H2,1-6H3,(H,37,38)/b12-7-,18-13-. The van der Waals surface area contributed by atoms with E-state index in [4.69, 9.17) is 4.98 Å². The molecule has 5 heteroatoms. The summed E-state index contributed by atoms with van der Waals surface area (Å²) < 4.78 is 0. The van der Waals surface area contributed by atoms with E-state index in [0.29, 0.717) is 0 Å². The van der Waals surface area contributed by atoms with Crippen molar-refractivity contribution in [3.05, 3.63) is 102 Å². The van der Waals surface area contributed by atoms with E-state index in [1.54, 1.807) is 6.07 Å². The molecular weight excluding hydrogens is 504 g/mol. The van der Waals surface area contributed by atoms with Crippen molar-refractivity contribution in [3.8, 4) is 28.1 Å². The summed E-state index contributed by atoms with van der Waals surface area (Å²) in [5.41, 5.74) is 9.42. The van der Waals surface area contributed by atoms with E-state index in [1.165, 1.54) is 33.6 Å². The van der Waals surface area contributed by atoms with Crippen molar-refractivity contribution in [3.63, 3.8) is 0 Å².